The summed E-state index contributed by atoms with van der Waals surface area (Å²) in [5.41, 5.74) is 18.5. The predicted molar refractivity (Wildman–Crippen MR) is 295 cm³/mol. The fourth-order valence-electron chi connectivity index (χ4n) is 14.2. The number of aryl methyl sites for hydroxylation is 1. The number of hydrogen-bond acceptors (Lipinski definition) is 9. The highest BCUT2D eigenvalue weighted by atomic mass is 16.2. The smallest absolute Gasteiger partial charge is 0.285 e. The minimum Gasteiger partial charge on any atom is -0.365 e. The van der Waals surface area contributed by atoms with Crippen molar-refractivity contribution >= 4 is 29.2 Å². The molecule has 3 heterocycles. The number of amides is 2. The molecule has 6 aromatic rings. The van der Waals surface area contributed by atoms with Gasteiger partial charge in [-0.1, -0.05) is 114 Å². The van der Waals surface area contributed by atoms with Crippen molar-refractivity contribution in [1.29, 1.82) is 5.26 Å². The van der Waals surface area contributed by atoms with E-state index in [0.29, 0.717) is 12.2 Å². The quantitative estimate of drug-likeness (QED) is 0.124. The van der Waals surface area contributed by atoms with E-state index in [1.165, 1.54) is 0 Å². The maximum atomic E-state index is 12.6. The average molecular weight is 1050 g/mol. The molecule has 3 aromatic heterocycles. The lowest BCUT2D eigenvalue weighted by Gasteiger charge is -2.44. The van der Waals surface area contributed by atoms with E-state index in [4.69, 9.17) is 29.6 Å². The van der Waals surface area contributed by atoms with Crippen molar-refractivity contribution in [3.8, 4) is 23.1 Å². The second-order valence-corrected chi connectivity index (χ2v) is 22.4. The largest absolute Gasteiger partial charge is 0.365 e. The zero-order valence-corrected chi connectivity index (χ0v) is 45.3. The lowest BCUT2D eigenvalue weighted by atomic mass is 9.58. The molecule has 0 bridgehead atoms. The van der Waals surface area contributed by atoms with Gasteiger partial charge in [0.1, 0.15) is 11.9 Å². The Kier molecular flexibility index (Phi) is 13.5. The summed E-state index contributed by atoms with van der Waals surface area (Å²) >= 11 is 0. The summed E-state index contributed by atoms with van der Waals surface area (Å²) in [5, 5.41) is 9.65. The number of fused-ring (bicyclic) bond motifs is 9. The van der Waals surface area contributed by atoms with Crippen LogP contribution in [0.1, 0.15) is 117 Å². The second-order valence-electron chi connectivity index (χ2n) is 22.4. The number of allylic oxidation sites excluding steroid dienone is 5. The Morgan fingerprint density at radius 3 is 1.38 bits per heavy atom. The van der Waals surface area contributed by atoms with Gasteiger partial charge in [-0.25, -0.2) is 24.6 Å². The molecule has 79 heavy (non-hydrogen) atoms. The molecule has 6 aliphatic rings. The van der Waals surface area contributed by atoms with Gasteiger partial charge in [0.25, 0.3) is 11.8 Å². The Labute approximate surface area is 459 Å². The summed E-state index contributed by atoms with van der Waals surface area (Å²) in [6.07, 6.45) is 10.1. The summed E-state index contributed by atoms with van der Waals surface area (Å²) in [6, 6.07) is 31.7. The summed E-state index contributed by atoms with van der Waals surface area (Å²) in [4.78, 5) is 82.6. The highest BCUT2D eigenvalue weighted by Gasteiger charge is 2.53. The molecule has 16 nitrogen and oxygen atoms in total. The van der Waals surface area contributed by atoms with Gasteiger partial charge in [-0.3, -0.25) is 23.5 Å². The Balaban J connectivity index is 0.000000134. The Hall–Kier alpha value is -9.07. The van der Waals surface area contributed by atoms with E-state index in [1.54, 1.807) is 18.2 Å². The van der Waals surface area contributed by atoms with Crippen LogP contribution in [-0.2, 0) is 54.7 Å². The van der Waals surface area contributed by atoms with Gasteiger partial charge in [0, 0.05) is 68.1 Å². The highest BCUT2D eigenvalue weighted by Crippen LogP contribution is 2.53. The third-order valence-corrected chi connectivity index (χ3v) is 18.0. The highest BCUT2D eigenvalue weighted by molar-refractivity contribution is 6.20. The van der Waals surface area contributed by atoms with E-state index in [9.17, 15) is 29.2 Å². The lowest BCUT2D eigenvalue weighted by Crippen LogP contribution is -2.47. The molecule has 398 valence electrons. The van der Waals surface area contributed by atoms with E-state index < -0.39 is 28.1 Å². The molecule has 12 rings (SSSR count). The van der Waals surface area contributed by atoms with Gasteiger partial charge < -0.3 is 25.6 Å². The number of rotatable bonds is 5. The molecule has 0 fully saturated rings. The predicted octanol–water partition coefficient (Wildman–Crippen LogP) is 9.03. The number of primary amides is 2. The van der Waals surface area contributed by atoms with Gasteiger partial charge in [-0.05, 0) is 99.6 Å². The second kappa shape index (κ2) is 20.1. The van der Waals surface area contributed by atoms with Crippen LogP contribution in [-0.4, -0.2) is 57.8 Å². The summed E-state index contributed by atoms with van der Waals surface area (Å²) < 4.78 is 5.94. The van der Waals surface area contributed by atoms with Crippen molar-refractivity contribution in [2.45, 2.75) is 103 Å². The molecular formula is C63H61N11O5. The van der Waals surface area contributed by atoms with E-state index >= 15 is 0 Å². The number of carbonyl (C=O) groups excluding carboxylic acids is 5. The zero-order valence-electron chi connectivity index (χ0n) is 45.3. The molecule has 0 radical (unpaired) electrons. The molecule has 3 aromatic carbocycles. The summed E-state index contributed by atoms with van der Waals surface area (Å²) in [5.74, 6) is -0.526. The van der Waals surface area contributed by atoms with Gasteiger partial charge in [0.05, 0.1) is 35.8 Å². The maximum absolute atomic E-state index is 12.6. The van der Waals surface area contributed by atoms with Crippen LogP contribution in [0.15, 0.2) is 126 Å². The molecular weight excluding hydrogens is 991 g/mol. The van der Waals surface area contributed by atoms with Crippen molar-refractivity contribution in [3.63, 3.8) is 0 Å². The first-order valence-corrected chi connectivity index (χ1v) is 26.8. The minimum atomic E-state index is -0.645. The first-order chi connectivity index (χ1) is 37.7. The number of imidazole rings is 3. The maximum Gasteiger partial charge on any atom is 0.285 e. The van der Waals surface area contributed by atoms with Crippen LogP contribution < -0.4 is 11.5 Å². The number of para-hydroxylation sites is 3. The fourth-order valence-corrected chi connectivity index (χ4v) is 14.2. The molecule has 0 spiro atoms. The molecule has 9 atom stereocenters. The van der Waals surface area contributed by atoms with Crippen molar-refractivity contribution in [1.82, 2.24) is 28.7 Å². The molecule has 0 saturated heterocycles. The third kappa shape index (κ3) is 8.47. The number of carbonyl (C=O) groups is 5. The van der Waals surface area contributed by atoms with Crippen LogP contribution in [0.25, 0.3) is 26.8 Å². The summed E-state index contributed by atoms with van der Waals surface area (Å²) in [7, 11) is 0. The Bertz CT molecular complexity index is 3770. The standard InChI is InChI=1S/C21H20N4O2.C21H18N4O.C21H23N3O2/c1-12-14-9-10-16-18(21(14,2)11-15(23-3)17(12)26)24-20(19(22)27)25(16)13-7-5-4-6-8-13;1-13-15-9-10-17-20(21(15,2)11-16(23-3)19(13)26)24-18(12-22)25(17)14-7-5-4-6-8-14;1-12-16-9-10-17-19(21(16,3)11-15(18(12)25)20(22)26)23-13(2)24(17)14-7-5-4-6-8-14/h4-8,11-12,14H,9-10H2,1-2H3,(H2,22,27);4-8,11,13,15H,9-10H2,1-2H3;4-8,11-12,16H,9-10H2,1-3H3,(H2,22,26)/t12-,14-,21-;13-,15-,21-;12-,16-,21-/m000/s1. The van der Waals surface area contributed by atoms with Gasteiger partial charge in [0.2, 0.25) is 23.0 Å². The lowest BCUT2D eigenvalue weighted by molar-refractivity contribution is -0.126. The average Bonchev–Trinajstić information content (AvgIpc) is 3.67. The van der Waals surface area contributed by atoms with Crippen LogP contribution in [0, 0.1) is 66.9 Å². The SMILES string of the molecule is Cc1nc2c(n1-c1ccccc1)CC[C@H]1[C@H](C)C(=O)C(C(N)=O)=C[C@]21C.[C-]#[N+]C1=C[C@]2(C)c3nc(C#N)n(-c4ccccc4)c3CC[C@H]2[C@H](C)C1=O.[C-]#[N+]C1=C[C@]2(C)c3nc(C(N)=O)n(-c4ccccc4)c3CC[C@H]2[C@H](C)C1=O. The molecule has 0 saturated carbocycles. The van der Waals surface area contributed by atoms with Crippen LogP contribution in [0.2, 0.25) is 0 Å². The molecule has 0 unspecified atom stereocenters. The topological polar surface area (TPSA) is 223 Å². The number of aromatic nitrogens is 6. The van der Waals surface area contributed by atoms with Crippen LogP contribution in [0.3, 0.4) is 0 Å². The number of nitrogens with zero attached hydrogens (tertiary/aromatic N) is 9. The fraction of sp³-hybridized carbons (Fsp3) is 0.349. The van der Waals surface area contributed by atoms with Crippen LogP contribution in [0.4, 0.5) is 0 Å². The minimum absolute atomic E-state index is 0.0443. The van der Waals surface area contributed by atoms with Crippen molar-refractivity contribution < 1.29 is 24.0 Å². The van der Waals surface area contributed by atoms with E-state index in [-0.39, 0.29) is 75.6 Å². The van der Waals surface area contributed by atoms with Crippen molar-refractivity contribution in [3.05, 3.63) is 201 Å². The van der Waals surface area contributed by atoms with E-state index in [0.717, 1.165) is 89.2 Å². The Morgan fingerprint density at radius 1 is 0.570 bits per heavy atom. The van der Waals surface area contributed by atoms with Gasteiger partial charge in [-0.15, -0.1) is 0 Å². The normalized spacial score (nSPS) is 27.0. The first-order valence-electron chi connectivity index (χ1n) is 26.8. The van der Waals surface area contributed by atoms with Crippen LogP contribution >= 0.6 is 0 Å². The number of Topliss-reactive ketones (excluding diaryl/α,β-unsaturated/α-hetero) is 3. The van der Waals surface area contributed by atoms with Crippen LogP contribution in [0.5, 0.6) is 0 Å². The van der Waals surface area contributed by atoms with E-state index in [2.05, 4.69) is 49.4 Å². The monoisotopic (exact) mass is 1050 g/mol. The molecule has 16 heteroatoms. The van der Waals surface area contributed by atoms with Crippen molar-refractivity contribution in [2.75, 3.05) is 0 Å². The first kappa shape index (κ1) is 53.3. The molecule has 2 amide bonds. The van der Waals surface area contributed by atoms with Gasteiger partial charge in [-0.2, -0.15) is 5.26 Å². The molecule has 6 aliphatic carbocycles. The summed E-state index contributed by atoms with van der Waals surface area (Å²) in [6.45, 7) is 28.6. The Morgan fingerprint density at radius 2 is 0.949 bits per heavy atom. The van der Waals surface area contributed by atoms with Crippen molar-refractivity contribution in [2.24, 2.45) is 47.0 Å². The van der Waals surface area contributed by atoms with Gasteiger partial charge in [0.15, 0.2) is 17.3 Å². The van der Waals surface area contributed by atoms with E-state index in [1.807, 2.05) is 130 Å². The number of nitriles is 1. The zero-order chi connectivity index (χ0) is 56.5. The number of benzene rings is 3. The number of ketones is 3. The molecule has 4 N–H and O–H groups in total. The van der Waals surface area contributed by atoms with Gasteiger partial charge >= 0.3 is 0 Å². The molecule has 0 aliphatic heterocycles. The third-order valence-electron chi connectivity index (χ3n) is 18.0. The number of nitrogens with two attached hydrogens (primary N) is 2. The number of hydrogen-bond donors (Lipinski definition) is 2.